The Morgan fingerprint density at radius 2 is 1.79 bits per heavy atom. The van der Waals surface area contributed by atoms with Gasteiger partial charge in [-0.2, -0.15) is 21.5 Å². The maximum Gasteiger partial charge on any atom is 0.314 e. The number of halogens is 3. The van der Waals surface area contributed by atoms with Gasteiger partial charge in [0.15, 0.2) is 0 Å². The highest BCUT2D eigenvalue weighted by Gasteiger charge is 2.34. The molecule has 3 heterocycles. The van der Waals surface area contributed by atoms with E-state index in [1.165, 1.54) is 30.5 Å². The van der Waals surface area contributed by atoms with Crippen LogP contribution in [0, 0.1) is 10.6 Å². The lowest BCUT2D eigenvalue weighted by molar-refractivity contribution is 0.116. The van der Waals surface area contributed by atoms with Crippen molar-refractivity contribution in [2.75, 3.05) is 28.9 Å². The van der Waals surface area contributed by atoms with E-state index in [2.05, 4.69) is 15.2 Å². The summed E-state index contributed by atoms with van der Waals surface area (Å²) in [5.74, 6) is -1.70. The summed E-state index contributed by atoms with van der Waals surface area (Å²) >= 11 is 0. The van der Waals surface area contributed by atoms with Crippen molar-refractivity contribution in [2.24, 2.45) is 0 Å². The van der Waals surface area contributed by atoms with Crippen molar-refractivity contribution in [3.8, 4) is 11.5 Å². The van der Waals surface area contributed by atoms with Crippen LogP contribution in [0.15, 0.2) is 47.0 Å². The van der Waals surface area contributed by atoms with E-state index >= 15 is 0 Å². The predicted molar refractivity (Wildman–Crippen MR) is 116 cm³/mol. The largest absolute Gasteiger partial charge is 0.415 e. The lowest BCUT2D eigenvalue weighted by Crippen LogP contribution is -2.50. The molecular formula is C19H19F3N6O4S2. The summed E-state index contributed by atoms with van der Waals surface area (Å²) in [5, 5.41) is 6.79. The van der Waals surface area contributed by atoms with Gasteiger partial charge < -0.3 is 4.42 Å². The summed E-state index contributed by atoms with van der Waals surface area (Å²) < 4.78 is 92.3. The second-order valence-electron chi connectivity index (χ2n) is 7.39. The molecule has 1 aromatic carbocycles. The first-order valence-corrected chi connectivity index (χ1v) is 13.2. The zero-order valence-electron chi connectivity index (χ0n) is 17.5. The molecule has 10 nitrogen and oxygen atoms in total. The third kappa shape index (κ3) is 5.20. The molecule has 34 heavy (non-hydrogen) atoms. The van der Waals surface area contributed by atoms with Crippen molar-refractivity contribution in [2.45, 2.75) is 13.0 Å². The van der Waals surface area contributed by atoms with Crippen molar-refractivity contribution < 1.29 is 30.2 Å². The first-order chi connectivity index (χ1) is 16.0. The Labute approximate surface area is 193 Å². The molecule has 2 aromatic heterocycles. The highest BCUT2D eigenvalue weighted by atomic mass is 32.2. The minimum absolute atomic E-state index is 0.0821. The van der Waals surface area contributed by atoms with E-state index in [0.29, 0.717) is 5.69 Å². The number of rotatable bonds is 7. The Hall–Kier alpha value is -3.04. The topological polar surface area (TPSA) is 133 Å². The third-order valence-corrected chi connectivity index (χ3v) is 8.66. The molecule has 0 unspecified atom stereocenters. The molecular weight excluding hydrogens is 497 g/mol. The van der Waals surface area contributed by atoms with Gasteiger partial charge in [-0.05, 0) is 36.4 Å². The number of anilines is 1. The molecule has 0 atom stereocenters. The van der Waals surface area contributed by atoms with E-state index in [1.54, 1.807) is 0 Å². The number of hydrogen-bond acceptors (Lipinski definition) is 8. The molecule has 0 aliphatic carbocycles. The fourth-order valence-electron chi connectivity index (χ4n) is 3.23. The van der Waals surface area contributed by atoms with Crippen molar-refractivity contribution >= 4 is 25.6 Å². The van der Waals surface area contributed by atoms with Gasteiger partial charge in [0.05, 0.1) is 23.5 Å². The van der Waals surface area contributed by atoms with Crippen LogP contribution in [-0.2, 0) is 26.5 Å². The van der Waals surface area contributed by atoms with E-state index in [1.807, 2.05) is 0 Å². The lowest BCUT2D eigenvalue weighted by Gasteiger charge is -2.33. The molecule has 4 rings (SSSR count). The van der Waals surface area contributed by atoms with Gasteiger partial charge in [-0.3, -0.25) is 14.1 Å². The molecule has 1 saturated heterocycles. The molecule has 0 spiro atoms. The van der Waals surface area contributed by atoms with Crippen LogP contribution in [0.1, 0.15) is 18.0 Å². The average molecular weight is 517 g/mol. The van der Waals surface area contributed by atoms with Crippen molar-refractivity contribution in [3.63, 3.8) is 0 Å². The van der Waals surface area contributed by atoms with Gasteiger partial charge in [-0.1, -0.05) is 0 Å². The second-order valence-corrected chi connectivity index (χ2v) is 11.7. The number of nitrogens with one attached hydrogen (secondary N) is 1. The minimum atomic E-state index is -4.14. The van der Waals surface area contributed by atoms with Crippen LogP contribution in [0.3, 0.4) is 0 Å². The monoisotopic (exact) mass is 516 g/mol. The average Bonchev–Trinajstić information content (AvgIpc) is 3.29. The summed E-state index contributed by atoms with van der Waals surface area (Å²) in [5.41, 5.74) is 0.745. The maximum absolute atomic E-state index is 13.5. The SMILES string of the molecule is N=S1(=O)CCN(S(=O)(=O)N(Cc2ccc(-c3nnc(C(F)F)o3)cn2)c2ccc(F)cc2)CC1. The van der Waals surface area contributed by atoms with Gasteiger partial charge in [0.1, 0.15) is 5.82 Å². The quantitative estimate of drug-likeness (QED) is 0.510. The van der Waals surface area contributed by atoms with Crippen molar-refractivity contribution in [1.29, 1.82) is 4.78 Å². The molecule has 0 amide bonds. The Morgan fingerprint density at radius 1 is 1.12 bits per heavy atom. The van der Waals surface area contributed by atoms with Crippen LogP contribution >= 0.6 is 0 Å². The van der Waals surface area contributed by atoms with Gasteiger partial charge in [0.2, 0.25) is 5.89 Å². The Bertz CT molecular complexity index is 1350. The molecule has 182 valence electrons. The standard InChI is InChI=1S/C19H19F3N6O4S2/c20-14-2-5-16(6-3-14)28(34(30,31)27-7-9-33(23,29)10-8-27)12-15-4-1-13(11-24-15)18-25-26-19(32-18)17(21)22/h1-6,11,17,23H,7-10,12H2. The molecule has 0 radical (unpaired) electrons. The summed E-state index contributed by atoms with van der Waals surface area (Å²) in [6, 6.07) is 7.80. The predicted octanol–water partition coefficient (Wildman–Crippen LogP) is 2.82. The molecule has 1 N–H and O–H groups in total. The highest BCUT2D eigenvalue weighted by molar-refractivity contribution is 7.93. The van der Waals surface area contributed by atoms with Gasteiger partial charge in [-0.15, -0.1) is 10.2 Å². The van der Waals surface area contributed by atoms with Crippen LogP contribution in [-0.4, -0.2) is 56.7 Å². The minimum Gasteiger partial charge on any atom is -0.415 e. The summed E-state index contributed by atoms with van der Waals surface area (Å²) in [6.45, 7) is -0.399. The Kier molecular flexibility index (Phi) is 6.60. The van der Waals surface area contributed by atoms with Crippen LogP contribution in [0.2, 0.25) is 0 Å². The fraction of sp³-hybridized carbons (Fsp3) is 0.316. The molecule has 0 bridgehead atoms. The lowest BCUT2D eigenvalue weighted by atomic mass is 10.2. The fourth-order valence-corrected chi connectivity index (χ4v) is 6.30. The zero-order valence-corrected chi connectivity index (χ0v) is 19.1. The Morgan fingerprint density at radius 3 is 2.35 bits per heavy atom. The number of benzene rings is 1. The molecule has 1 aliphatic heterocycles. The van der Waals surface area contributed by atoms with Gasteiger partial charge in [0.25, 0.3) is 5.89 Å². The van der Waals surface area contributed by atoms with Crippen LogP contribution in [0.5, 0.6) is 0 Å². The first-order valence-electron chi connectivity index (χ1n) is 9.89. The van der Waals surface area contributed by atoms with Crippen molar-refractivity contribution in [3.05, 3.63) is 60.0 Å². The third-order valence-electron chi connectivity index (χ3n) is 5.06. The van der Waals surface area contributed by atoms with E-state index in [0.717, 1.165) is 20.7 Å². The van der Waals surface area contributed by atoms with E-state index in [4.69, 9.17) is 9.20 Å². The smallest absolute Gasteiger partial charge is 0.314 e. The number of aromatic nitrogens is 3. The van der Waals surface area contributed by atoms with Gasteiger partial charge >= 0.3 is 16.6 Å². The molecule has 0 saturated carbocycles. The van der Waals surface area contributed by atoms with Crippen LogP contribution in [0.4, 0.5) is 18.9 Å². The molecule has 1 aliphatic rings. The molecule has 3 aromatic rings. The van der Waals surface area contributed by atoms with Gasteiger partial charge in [0, 0.05) is 40.5 Å². The summed E-state index contributed by atoms with van der Waals surface area (Å²) in [4.78, 5) is 4.18. The van der Waals surface area contributed by atoms with E-state index in [-0.39, 0.29) is 48.3 Å². The highest BCUT2D eigenvalue weighted by Crippen LogP contribution is 2.26. The maximum atomic E-state index is 13.5. The Balaban J connectivity index is 1.61. The number of nitrogens with zero attached hydrogens (tertiary/aromatic N) is 5. The molecule has 15 heteroatoms. The van der Waals surface area contributed by atoms with Crippen LogP contribution in [0.25, 0.3) is 11.5 Å². The number of hydrogen-bond donors (Lipinski definition) is 1. The second kappa shape index (κ2) is 9.31. The number of alkyl halides is 2. The number of pyridine rings is 1. The van der Waals surface area contributed by atoms with E-state index in [9.17, 15) is 25.8 Å². The summed E-state index contributed by atoms with van der Waals surface area (Å²) in [7, 11) is -6.95. The summed E-state index contributed by atoms with van der Waals surface area (Å²) in [6.07, 6.45) is -1.63. The zero-order chi connectivity index (χ0) is 24.5. The molecule has 1 fully saturated rings. The van der Waals surface area contributed by atoms with E-state index < -0.39 is 38.1 Å². The first kappa shape index (κ1) is 24.1. The van der Waals surface area contributed by atoms with Crippen LogP contribution < -0.4 is 4.31 Å². The normalized spacial score (nSPS) is 16.6. The van der Waals surface area contributed by atoms with Gasteiger partial charge in [-0.25, -0.2) is 8.60 Å². The van der Waals surface area contributed by atoms with Crippen molar-refractivity contribution in [1.82, 2.24) is 19.5 Å².